The van der Waals surface area contributed by atoms with Gasteiger partial charge in [0.05, 0.1) is 13.2 Å². The van der Waals surface area contributed by atoms with Crippen LogP contribution in [-0.2, 0) is 11.3 Å². The van der Waals surface area contributed by atoms with Crippen LogP contribution in [0.2, 0.25) is 10.0 Å². The maximum Gasteiger partial charge on any atom is 0.0602 e. The fourth-order valence-corrected chi connectivity index (χ4v) is 1.77. The molecule has 0 saturated carbocycles. The molecule has 0 aromatic heterocycles. The first-order valence-electron chi connectivity index (χ1n) is 5.02. The standard InChI is InChI=1S/C11H14Cl3NO/c12-3-5-16-6-4-15-8-9-1-2-10(13)7-11(9)14/h1-2,7,15H,3-6,8H2. The largest absolute Gasteiger partial charge is 0.379 e. The van der Waals surface area contributed by atoms with Crippen molar-refractivity contribution in [3.8, 4) is 0 Å². The number of benzene rings is 1. The summed E-state index contributed by atoms with van der Waals surface area (Å²) in [4.78, 5) is 0. The van der Waals surface area contributed by atoms with Gasteiger partial charge in [-0.05, 0) is 17.7 Å². The highest BCUT2D eigenvalue weighted by Crippen LogP contribution is 2.20. The molecule has 0 amide bonds. The zero-order valence-corrected chi connectivity index (χ0v) is 11.1. The number of alkyl halides is 1. The maximum absolute atomic E-state index is 6.02. The van der Waals surface area contributed by atoms with Crippen LogP contribution in [0.1, 0.15) is 5.56 Å². The lowest BCUT2D eigenvalue weighted by Crippen LogP contribution is -2.19. The summed E-state index contributed by atoms with van der Waals surface area (Å²) in [5.74, 6) is 0.531. The minimum Gasteiger partial charge on any atom is -0.379 e. The number of halogens is 3. The predicted molar refractivity (Wildman–Crippen MR) is 69.7 cm³/mol. The Morgan fingerprint density at radius 2 is 2.00 bits per heavy atom. The van der Waals surface area contributed by atoms with Crippen molar-refractivity contribution in [2.24, 2.45) is 0 Å². The van der Waals surface area contributed by atoms with Gasteiger partial charge in [0.25, 0.3) is 0 Å². The molecular formula is C11H14Cl3NO. The van der Waals surface area contributed by atoms with E-state index in [9.17, 15) is 0 Å². The van der Waals surface area contributed by atoms with Crippen molar-refractivity contribution < 1.29 is 4.74 Å². The van der Waals surface area contributed by atoms with Crippen molar-refractivity contribution in [3.05, 3.63) is 33.8 Å². The second-order valence-electron chi connectivity index (χ2n) is 3.21. The summed E-state index contributed by atoms with van der Waals surface area (Å²) >= 11 is 17.3. The Morgan fingerprint density at radius 1 is 1.19 bits per heavy atom. The van der Waals surface area contributed by atoms with Crippen LogP contribution in [0.4, 0.5) is 0 Å². The summed E-state index contributed by atoms with van der Waals surface area (Å²) in [6.45, 7) is 2.72. The van der Waals surface area contributed by atoms with Crippen molar-refractivity contribution in [1.82, 2.24) is 5.32 Å². The van der Waals surface area contributed by atoms with Gasteiger partial charge in [0, 0.05) is 29.0 Å². The molecule has 0 bridgehead atoms. The Labute approximate surface area is 111 Å². The topological polar surface area (TPSA) is 21.3 Å². The lowest BCUT2D eigenvalue weighted by atomic mass is 10.2. The molecule has 0 radical (unpaired) electrons. The lowest BCUT2D eigenvalue weighted by molar-refractivity contribution is 0.151. The van der Waals surface area contributed by atoms with E-state index in [1.54, 1.807) is 6.07 Å². The van der Waals surface area contributed by atoms with E-state index in [0.29, 0.717) is 35.7 Å². The van der Waals surface area contributed by atoms with E-state index < -0.39 is 0 Å². The molecular weight excluding hydrogens is 268 g/mol. The average Bonchev–Trinajstić information content (AvgIpc) is 2.26. The molecule has 0 heterocycles. The van der Waals surface area contributed by atoms with E-state index in [1.165, 1.54) is 0 Å². The lowest BCUT2D eigenvalue weighted by Gasteiger charge is -2.07. The highest BCUT2D eigenvalue weighted by molar-refractivity contribution is 6.35. The third-order valence-electron chi connectivity index (χ3n) is 1.98. The van der Waals surface area contributed by atoms with Gasteiger partial charge in [0.1, 0.15) is 0 Å². The molecule has 0 aliphatic carbocycles. The first kappa shape index (κ1) is 14.1. The first-order chi connectivity index (χ1) is 7.74. The first-order valence-corrected chi connectivity index (χ1v) is 6.31. The van der Waals surface area contributed by atoms with Crippen LogP contribution in [0.15, 0.2) is 18.2 Å². The van der Waals surface area contributed by atoms with Crippen molar-refractivity contribution in [2.45, 2.75) is 6.54 Å². The van der Waals surface area contributed by atoms with Gasteiger partial charge >= 0.3 is 0 Å². The van der Waals surface area contributed by atoms with Gasteiger partial charge in [-0.2, -0.15) is 0 Å². The molecule has 1 aromatic rings. The van der Waals surface area contributed by atoms with Crippen LogP contribution >= 0.6 is 34.8 Å². The van der Waals surface area contributed by atoms with Gasteiger partial charge in [-0.1, -0.05) is 29.3 Å². The molecule has 0 spiro atoms. The quantitative estimate of drug-likeness (QED) is 0.612. The summed E-state index contributed by atoms with van der Waals surface area (Å²) in [5.41, 5.74) is 1.03. The van der Waals surface area contributed by atoms with Gasteiger partial charge in [-0.3, -0.25) is 0 Å². The third-order valence-corrected chi connectivity index (χ3v) is 2.72. The smallest absolute Gasteiger partial charge is 0.0602 e. The van der Waals surface area contributed by atoms with E-state index >= 15 is 0 Å². The summed E-state index contributed by atoms with van der Waals surface area (Å²) in [6, 6.07) is 5.48. The summed E-state index contributed by atoms with van der Waals surface area (Å²) in [6.07, 6.45) is 0. The minimum absolute atomic E-state index is 0.531. The average molecular weight is 283 g/mol. The molecule has 0 atom stereocenters. The van der Waals surface area contributed by atoms with E-state index in [0.717, 1.165) is 12.1 Å². The summed E-state index contributed by atoms with van der Waals surface area (Å²) < 4.78 is 5.22. The number of nitrogens with one attached hydrogen (secondary N) is 1. The Hall–Kier alpha value is 0.01000. The van der Waals surface area contributed by atoms with Crippen molar-refractivity contribution >= 4 is 34.8 Å². The Bertz CT molecular complexity index is 320. The second-order valence-corrected chi connectivity index (χ2v) is 4.44. The molecule has 0 saturated heterocycles. The Balaban J connectivity index is 2.21. The fraction of sp³-hybridized carbons (Fsp3) is 0.455. The van der Waals surface area contributed by atoms with E-state index in [2.05, 4.69) is 5.32 Å². The summed E-state index contributed by atoms with van der Waals surface area (Å²) in [5, 5.41) is 4.56. The Kier molecular flexibility index (Phi) is 7.17. The molecule has 0 aliphatic rings. The number of hydrogen-bond acceptors (Lipinski definition) is 2. The van der Waals surface area contributed by atoms with Gasteiger partial charge in [0.2, 0.25) is 0 Å². The van der Waals surface area contributed by atoms with E-state index in [4.69, 9.17) is 39.5 Å². The van der Waals surface area contributed by atoms with Gasteiger partial charge in [-0.15, -0.1) is 11.6 Å². The van der Waals surface area contributed by atoms with Crippen LogP contribution < -0.4 is 5.32 Å². The van der Waals surface area contributed by atoms with Crippen molar-refractivity contribution in [1.29, 1.82) is 0 Å². The van der Waals surface area contributed by atoms with Crippen LogP contribution in [0, 0.1) is 0 Å². The second kappa shape index (κ2) is 8.15. The molecule has 1 rings (SSSR count). The zero-order valence-electron chi connectivity index (χ0n) is 8.81. The predicted octanol–water partition coefficient (Wildman–Crippen LogP) is 3.34. The van der Waals surface area contributed by atoms with E-state index in [-0.39, 0.29) is 0 Å². The van der Waals surface area contributed by atoms with Crippen LogP contribution in [0.3, 0.4) is 0 Å². The van der Waals surface area contributed by atoms with Crippen LogP contribution in [0.25, 0.3) is 0 Å². The number of rotatable bonds is 7. The SMILES string of the molecule is ClCCOCCNCc1ccc(Cl)cc1Cl. The highest BCUT2D eigenvalue weighted by Gasteiger charge is 2.00. The van der Waals surface area contributed by atoms with Gasteiger partial charge < -0.3 is 10.1 Å². The zero-order chi connectivity index (χ0) is 11.8. The van der Waals surface area contributed by atoms with Crippen molar-refractivity contribution in [3.63, 3.8) is 0 Å². The molecule has 2 nitrogen and oxygen atoms in total. The fourth-order valence-electron chi connectivity index (χ4n) is 1.19. The van der Waals surface area contributed by atoms with Crippen LogP contribution in [0.5, 0.6) is 0 Å². The molecule has 16 heavy (non-hydrogen) atoms. The molecule has 1 aromatic carbocycles. The molecule has 1 N–H and O–H groups in total. The van der Waals surface area contributed by atoms with Crippen molar-refractivity contribution in [2.75, 3.05) is 25.6 Å². The maximum atomic E-state index is 6.02. The molecule has 0 unspecified atom stereocenters. The minimum atomic E-state index is 0.531. The third kappa shape index (κ3) is 5.37. The Morgan fingerprint density at radius 3 is 2.69 bits per heavy atom. The monoisotopic (exact) mass is 281 g/mol. The molecule has 0 aliphatic heterocycles. The van der Waals surface area contributed by atoms with Crippen LogP contribution in [-0.4, -0.2) is 25.6 Å². The van der Waals surface area contributed by atoms with Gasteiger partial charge in [-0.25, -0.2) is 0 Å². The highest BCUT2D eigenvalue weighted by atomic mass is 35.5. The van der Waals surface area contributed by atoms with E-state index in [1.807, 2.05) is 12.1 Å². The van der Waals surface area contributed by atoms with Gasteiger partial charge in [0.15, 0.2) is 0 Å². The summed E-state index contributed by atoms with van der Waals surface area (Å²) in [7, 11) is 0. The molecule has 0 fully saturated rings. The number of ether oxygens (including phenoxy) is 1. The number of hydrogen-bond donors (Lipinski definition) is 1. The molecule has 5 heteroatoms. The molecule has 90 valence electrons. The normalized spacial score (nSPS) is 10.7.